The normalized spacial score (nSPS) is 10.6. The first-order chi connectivity index (χ1) is 17.4. The highest BCUT2D eigenvalue weighted by atomic mass is 16.5. The van der Waals surface area contributed by atoms with Gasteiger partial charge >= 0.3 is 0 Å². The van der Waals surface area contributed by atoms with Gasteiger partial charge < -0.3 is 15.4 Å². The first kappa shape index (κ1) is 24.5. The number of hydrogen-bond acceptors (Lipinski definition) is 4. The number of amides is 2. The minimum absolute atomic E-state index is 0.178. The number of aromatic nitrogens is 2. The van der Waals surface area contributed by atoms with E-state index in [-0.39, 0.29) is 23.6 Å². The molecule has 184 valence electrons. The predicted molar refractivity (Wildman–Crippen MR) is 140 cm³/mol. The molecular weight excluding hydrogens is 456 g/mol. The maximum absolute atomic E-state index is 13.1. The van der Waals surface area contributed by atoms with E-state index < -0.39 is 5.91 Å². The van der Waals surface area contributed by atoms with E-state index >= 15 is 0 Å². The van der Waals surface area contributed by atoms with Crippen LogP contribution in [0.2, 0.25) is 0 Å². The van der Waals surface area contributed by atoms with Gasteiger partial charge in [0.25, 0.3) is 11.5 Å². The van der Waals surface area contributed by atoms with Crippen LogP contribution in [-0.4, -0.2) is 28.3 Å². The number of para-hydroxylation sites is 2. The quantitative estimate of drug-likeness (QED) is 0.390. The van der Waals surface area contributed by atoms with E-state index in [4.69, 9.17) is 4.74 Å². The Bertz CT molecular complexity index is 1450. The van der Waals surface area contributed by atoms with E-state index in [1.54, 1.807) is 50.0 Å². The Morgan fingerprint density at radius 3 is 2.39 bits per heavy atom. The number of nitrogens with one attached hydrogen (secondary N) is 2. The second-order valence-corrected chi connectivity index (χ2v) is 8.33. The van der Waals surface area contributed by atoms with E-state index in [0.717, 1.165) is 11.3 Å². The summed E-state index contributed by atoms with van der Waals surface area (Å²) in [5, 5.41) is 5.58. The number of rotatable bonds is 8. The second kappa shape index (κ2) is 10.8. The van der Waals surface area contributed by atoms with Crippen molar-refractivity contribution >= 4 is 23.2 Å². The lowest BCUT2D eigenvalue weighted by Gasteiger charge is -2.10. The zero-order valence-corrected chi connectivity index (χ0v) is 20.4. The van der Waals surface area contributed by atoms with Crippen LogP contribution in [0, 0.1) is 6.92 Å². The van der Waals surface area contributed by atoms with Crippen molar-refractivity contribution in [3.05, 3.63) is 106 Å². The smallest absolute Gasteiger partial charge is 0.295 e. The molecule has 1 aromatic heterocycles. The SMILES string of the molecule is COc1ccccc1CCC(=O)Nc1cccc(C(=O)Nc2c(C)n(C)n(-c3ccccc3)c2=O)c1. The van der Waals surface area contributed by atoms with E-state index in [2.05, 4.69) is 10.6 Å². The molecule has 0 radical (unpaired) electrons. The average Bonchev–Trinajstić information content (AvgIpc) is 3.11. The molecular formula is C28H28N4O4. The van der Waals surface area contributed by atoms with Gasteiger partial charge in [0.2, 0.25) is 5.91 Å². The molecule has 0 atom stereocenters. The molecule has 0 saturated carbocycles. The molecule has 0 aliphatic rings. The van der Waals surface area contributed by atoms with Crippen LogP contribution in [0.3, 0.4) is 0 Å². The van der Waals surface area contributed by atoms with Gasteiger partial charge in [-0.05, 0) is 55.3 Å². The minimum atomic E-state index is -0.439. The van der Waals surface area contributed by atoms with Crippen molar-refractivity contribution in [3.8, 4) is 11.4 Å². The van der Waals surface area contributed by atoms with Crippen molar-refractivity contribution in [2.75, 3.05) is 17.7 Å². The first-order valence-corrected chi connectivity index (χ1v) is 11.6. The summed E-state index contributed by atoms with van der Waals surface area (Å²) in [6, 6.07) is 23.4. The number of benzene rings is 3. The molecule has 4 aromatic rings. The Balaban J connectivity index is 1.46. The lowest BCUT2D eigenvalue weighted by Crippen LogP contribution is -2.23. The van der Waals surface area contributed by atoms with Crippen LogP contribution in [-0.2, 0) is 18.3 Å². The van der Waals surface area contributed by atoms with Gasteiger partial charge in [-0.2, -0.15) is 0 Å². The molecule has 0 fully saturated rings. The van der Waals surface area contributed by atoms with Gasteiger partial charge in [-0.1, -0.05) is 42.5 Å². The van der Waals surface area contributed by atoms with Crippen LogP contribution in [0.15, 0.2) is 83.7 Å². The van der Waals surface area contributed by atoms with E-state index in [1.807, 2.05) is 54.6 Å². The second-order valence-electron chi connectivity index (χ2n) is 8.33. The summed E-state index contributed by atoms with van der Waals surface area (Å²) in [5.41, 5.74) is 2.98. The Morgan fingerprint density at radius 2 is 1.64 bits per heavy atom. The van der Waals surface area contributed by atoms with Crippen LogP contribution >= 0.6 is 0 Å². The van der Waals surface area contributed by atoms with Crippen LogP contribution in [0.1, 0.15) is 28.0 Å². The number of methoxy groups -OCH3 is 1. The summed E-state index contributed by atoms with van der Waals surface area (Å²) in [7, 11) is 3.37. The van der Waals surface area contributed by atoms with Gasteiger partial charge in [0.15, 0.2) is 0 Å². The molecule has 2 N–H and O–H groups in total. The van der Waals surface area contributed by atoms with Crippen molar-refractivity contribution < 1.29 is 14.3 Å². The lowest BCUT2D eigenvalue weighted by atomic mass is 10.1. The monoisotopic (exact) mass is 484 g/mol. The molecule has 1 heterocycles. The highest BCUT2D eigenvalue weighted by Crippen LogP contribution is 2.20. The summed E-state index contributed by atoms with van der Waals surface area (Å²) in [6.45, 7) is 1.77. The van der Waals surface area contributed by atoms with Crippen molar-refractivity contribution in [2.45, 2.75) is 19.8 Å². The summed E-state index contributed by atoms with van der Waals surface area (Å²) >= 11 is 0. The number of nitrogens with zero attached hydrogens (tertiary/aromatic N) is 2. The van der Waals surface area contributed by atoms with Gasteiger partial charge in [0.1, 0.15) is 11.4 Å². The van der Waals surface area contributed by atoms with Gasteiger partial charge in [0, 0.05) is 24.7 Å². The maximum Gasteiger partial charge on any atom is 0.295 e. The molecule has 0 saturated heterocycles. The summed E-state index contributed by atoms with van der Waals surface area (Å²) in [5.74, 6) is 0.126. The van der Waals surface area contributed by atoms with Crippen LogP contribution in [0.5, 0.6) is 5.75 Å². The molecule has 0 bridgehead atoms. The fourth-order valence-corrected chi connectivity index (χ4v) is 4.02. The summed E-state index contributed by atoms with van der Waals surface area (Å²) in [6.07, 6.45) is 0.788. The molecule has 0 spiro atoms. The van der Waals surface area contributed by atoms with Crippen LogP contribution in [0.4, 0.5) is 11.4 Å². The van der Waals surface area contributed by atoms with Crippen LogP contribution < -0.4 is 20.9 Å². The summed E-state index contributed by atoms with van der Waals surface area (Å²) in [4.78, 5) is 38.6. The Morgan fingerprint density at radius 1 is 0.917 bits per heavy atom. The number of carbonyl (C=O) groups excluding carboxylic acids is 2. The Hall–Kier alpha value is -4.59. The van der Waals surface area contributed by atoms with E-state index in [9.17, 15) is 14.4 Å². The third-order valence-corrected chi connectivity index (χ3v) is 6.02. The van der Waals surface area contributed by atoms with Gasteiger partial charge in [0.05, 0.1) is 18.5 Å². The summed E-state index contributed by atoms with van der Waals surface area (Å²) < 4.78 is 8.54. The van der Waals surface area contributed by atoms with Gasteiger partial charge in [-0.3, -0.25) is 19.1 Å². The molecule has 8 nitrogen and oxygen atoms in total. The third-order valence-electron chi connectivity index (χ3n) is 6.02. The highest BCUT2D eigenvalue weighted by molar-refractivity contribution is 6.05. The number of aryl methyl sites for hydroxylation is 1. The van der Waals surface area contributed by atoms with Crippen molar-refractivity contribution in [2.24, 2.45) is 7.05 Å². The molecule has 3 aromatic carbocycles. The van der Waals surface area contributed by atoms with E-state index in [1.165, 1.54) is 4.68 Å². The van der Waals surface area contributed by atoms with Crippen molar-refractivity contribution in [3.63, 3.8) is 0 Å². The molecule has 4 rings (SSSR count). The molecule has 0 aliphatic carbocycles. The zero-order valence-electron chi connectivity index (χ0n) is 20.4. The van der Waals surface area contributed by atoms with E-state index in [0.29, 0.717) is 29.1 Å². The predicted octanol–water partition coefficient (Wildman–Crippen LogP) is 4.32. The number of hydrogen-bond donors (Lipinski definition) is 2. The number of anilines is 2. The molecule has 0 aliphatic heterocycles. The molecule has 8 heteroatoms. The number of carbonyl (C=O) groups is 2. The minimum Gasteiger partial charge on any atom is -0.496 e. The fourth-order valence-electron chi connectivity index (χ4n) is 4.02. The standard InChI is InChI=1S/C28H28N4O4/c1-19-26(28(35)32(31(19)2)23-13-5-4-6-14-23)30-27(34)21-11-9-12-22(18-21)29-25(33)17-16-20-10-7-8-15-24(20)36-3/h4-15,18H,16-17H2,1-3H3,(H,29,33)(H,30,34). The van der Waals surface area contributed by atoms with Gasteiger partial charge in [-0.25, -0.2) is 4.68 Å². The fraction of sp³-hybridized carbons (Fsp3) is 0.179. The Kier molecular flexibility index (Phi) is 7.34. The largest absolute Gasteiger partial charge is 0.496 e. The van der Waals surface area contributed by atoms with Crippen molar-refractivity contribution in [1.29, 1.82) is 0 Å². The number of ether oxygens (including phenoxy) is 1. The molecule has 36 heavy (non-hydrogen) atoms. The Labute approximate surface area is 209 Å². The first-order valence-electron chi connectivity index (χ1n) is 11.6. The van der Waals surface area contributed by atoms with Gasteiger partial charge in [-0.15, -0.1) is 0 Å². The topological polar surface area (TPSA) is 94.4 Å². The van der Waals surface area contributed by atoms with Crippen LogP contribution in [0.25, 0.3) is 5.69 Å². The highest BCUT2D eigenvalue weighted by Gasteiger charge is 2.19. The molecule has 2 amide bonds. The average molecular weight is 485 g/mol. The van der Waals surface area contributed by atoms with Crippen molar-refractivity contribution in [1.82, 2.24) is 9.36 Å². The molecule has 0 unspecified atom stereocenters. The maximum atomic E-state index is 13.1. The zero-order chi connectivity index (χ0) is 25.7. The lowest BCUT2D eigenvalue weighted by molar-refractivity contribution is -0.116. The third kappa shape index (κ3) is 5.22.